The predicted molar refractivity (Wildman–Crippen MR) is 43.6 cm³/mol. The Balaban J connectivity index is 3.87. The summed E-state index contributed by atoms with van der Waals surface area (Å²) in [5, 5.41) is 0. The fraction of sp³-hybridized carbons (Fsp3) is 1.00. The van der Waals surface area contributed by atoms with Gasteiger partial charge in [-0.1, -0.05) is 20.8 Å². The standard InChI is InChI=1S/C7H15FO2P/c1-6(7(2,3)4)10-11(9)5-8/h6H,5H2,1-4H3/q+1. The molecule has 0 fully saturated rings. The van der Waals surface area contributed by atoms with E-state index in [0.717, 1.165) is 0 Å². The van der Waals surface area contributed by atoms with Crippen LogP contribution in [0.3, 0.4) is 0 Å². The number of hydrogen-bond acceptors (Lipinski definition) is 2. The van der Waals surface area contributed by atoms with Crippen molar-refractivity contribution in [1.82, 2.24) is 0 Å². The van der Waals surface area contributed by atoms with Gasteiger partial charge in [0.2, 0.25) is 0 Å². The van der Waals surface area contributed by atoms with Gasteiger partial charge in [0, 0.05) is 0 Å². The van der Waals surface area contributed by atoms with Crippen molar-refractivity contribution in [3.05, 3.63) is 0 Å². The van der Waals surface area contributed by atoms with E-state index in [-0.39, 0.29) is 11.5 Å². The van der Waals surface area contributed by atoms with E-state index in [1.54, 1.807) is 6.92 Å². The van der Waals surface area contributed by atoms with Crippen LogP contribution in [0.2, 0.25) is 0 Å². The summed E-state index contributed by atoms with van der Waals surface area (Å²) in [6.45, 7) is 7.67. The summed E-state index contributed by atoms with van der Waals surface area (Å²) in [7, 11) is -2.10. The molecule has 0 saturated carbocycles. The lowest BCUT2D eigenvalue weighted by molar-refractivity contribution is 0.111. The Labute approximate surface area is 68.0 Å². The molecule has 2 unspecified atom stereocenters. The van der Waals surface area contributed by atoms with E-state index in [9.17, 15) is 8.96 Å². The van der Waals surface area contributed by atoms with Crippen molar-refractivity contribution in [2.24, 2.45) is 5.41 Å². The topological polar surface area (TPSA) is 26.3 Å². The van der Waals surface area contributed by atoms with Crippen molar-refractivity contribution in [2.45, 2.75) is 33.8 Å². The highest BCUT2D eigenvalue weighted by molar-refractivity contribution is 7.38. The Hall–Kier alpha value is -0.0100. The molecule has 11 heavy (non-hydrogen) atoms. The van der Waals surface area contributed by atoms with E-state index in [1.807, 2.05) is 20.8 Å². The molecule has 0 amide bonds. The van der Waals surface area contributed by atoms with E-state index in [1.165, 1.54) is 0 Å². The van der Waals surface area contributed by atoms with E-state index in [0.29, 0.717) is 0 Å². The van der Waals surface area contributed by atoms with Crippen LogP contribution >= 0.6 is 8.03 Å². The van der Waals surface area contributed by atoms with E-state index in [2.05, 4.69) is 0 Å². The molecule has 2 nitrogen and oxygen atoms in total. The predicted octanol–water partition coefficient (Wildman–Crippen LogP) is 3.11. The molecule has 0 aliphatic rings. The molecule has 0 aromatic heterocycles. The summed E-state index contributed by atoms with van der Waals surface area (Å²) >= 11 is 0. The van der Waals surface area contributed by atoms with Crippen LogP contribution in [0.4, 0.5) is 4.39 Å². The fourth-order valence-corrected chi connectivity index (χ4v) is 1.09. The molecule has 0 aromatic carbocycles. The summed E-state index contributed by atoms with van der Waals surface area (Å²) in [5.41, 5.74) is -0.0832. The Morgan fingerprint density at radius 2 is 2.00 bits per heavy atom. The summed E-state index contributed by atoms with van der Waals surface area (Å²) in [5.74, 6) is 0. The average molecular weight is 181 g/mol. The normalized spacial score (nSPS) is 16.3. The highest BCUT2D eigenvalue weighted by atomic mass is 31.1. The van der Waals surface area contributed by atoms with Crippen LogP contribution in [0, 0.1) is 5.41 Å². The first kappa shape index (κ1) is 11.0. The lowest BCUT2D eigenvalue weighted by Crippen LogP contribution is -2.23. The maximum absolute atomic E-state index is 11.7. The molecular formula is C7H15FO2P+. The van der Waals surface area contributed by atoms with Crippen LogP contribution in [0.1, 0.15) is 27.7 Å². The molecule has 0 heterocycles. The molecule has 0 aromatic rings. The van der Waals surface area contributed by atoms with Gasteiger partial charge in [0.1, 0.15) is 6.10 Å². The van der Waals surface area contributed by atoms with Crippen molar-refractivity contribution in [2.75, 3.05) is 6.42 Å². The van der Waals surface area contributed by atoms with Gasteiger partial charge in [0.25, 0.3) is 0 Å². The lowest BCUT2D eigenvalue weighted by atomic mass is 9.91. The number of alkyl halides is 1. The van der Waals surface area contributed by atoms with Crippen molar-refractivity contribution >= 4 is 8.03 Å². The average Bonchev–Trinajstić information content (AvgIpc) is 1.85. The summed E-state index contributed by atoms with van der Waals surface area (Å²) in [6.07, 6.45) is -1.07. The molecule has 0 bridgehead atoms. The molecule has 0 aliphatic carbocycles. The van der Waals surface area contributed by atoms with Crippen molar-refractivity contribution in [3.8, 4) is 0 Å². The number of hydrogen-bond donors (Lipinski definition) is 0. The Morgan fingerprint density at radius 1 is 1.55 bits per heavy atom. The molecule has 0 rings (SSSR count). The fourth-order valence-electron chi connectivity index (χ4n) is 0.363. The first-order valence-corrected chi connectivity index (χ1v) is 4.91. The van der Waals surface area contributed by atoms with Gasteiger partial charge < -0.3 is 0 Å². The minimum absolute atomic E-state index is 0.0832. The smallest absolute Gasteiger partial charge is 0.190 e. The minimum Gasteiger partial charge on any atom is -0.190 e. The SMILES string of the molecule is CC(O[P+](=O)CF)C(C)(C)C. The van der Waals surface area contributed by atoms with Gasteiger partial charge in [0.15, 0.2) is 0 Å². The third kappa shape index (κ3) is 4.44. The van der Waals surface area contributed by atoms with E-state index >= 15 is 0 Å². The Bertz CT molecular complexity index is 142. The third-order valence-corrected chi connectivity index (χ3v) is 2.34. The van der Waals surface area contributed by atoms with Crippen molar-refractivity contribution in [1.29, 1.82) is 0 Å². The Morgan fingerprint density at radius 3 is 2.27 bits per heavy atom. The Kier molecular flexibility index (Phi) is 4.12. The zero-order chi connectivity index (χ0) is 9.07. The highest BCUT2D eigenvalue weighted by Crippen LogP contribution is 2.32. The van der Waals surface area contributed by atoms with Gasteiger partial charge in [0.05, 0.1) is 0 Å². The number of rotatable bonds is 3. The molecule has 0 spiro atoms. The summed E-state index contributed by atoms with van der Waals surface area (Å²) in [4.78, 5) is 0. The molecule has 0 N–H and O–H groups in total. The van der Waals surface area contributed by atoms with Gasteiger partial charge in [-0.25, -0.2) is 0 Å². The van der Waals surface area contributed by atoms with Crippen molar-refractivity contribution in [3.63, 3.8) is 0 Å². The lowest BCUT2D eigenvalue weighted by Gasteiger charge is -2.21. The molecular weight excluding hydrogens is 166 g/mol. The minimum atomic E-state index is -2.10. The highest BCUT2D eigenvalue weighted by Gasteiger charge is 2.30. The maximum atomic E-state index is 11.7. The van der Waals surface area contributed by atoms with E-state index in [4.69, 9.17) is 4.52 Å². The van der Waals surface area contributed by atoms with Gasteiger partial charge in [-0.3, -0.25) is 0 Å². The molecule has 2 atom stereocenters. The van der Waals surface area contributed by atoms with Crippen LogP contribution in [-0.2, 0) is 9.09 Å². The molecule has 0 saturated heterocycles. The van der Waals surface area contributed by atoms with Crippen molar-refractivity contribution < 1.29 is 13.5 Å². The second kappa shape index (κ2) is 4.13. The van der Waals surface area contributed by atoms with Gasteiger partial charge in [-0.05, 0) is 16.9 Å². The second-order valence-corrected chi connectivity index (χ2v) is 4.68. The molecule has 0 radical (unpaired) electrons. The largest absolute Gasteiger partial charge is 0.542 e. The zero-order valence-corrected chi connectivity index (χ0v) is 8.32. The molecule has 0 aliphatic heterocycles. The summed E-state index contributed by atoms with van der Waals surface area (Å²) < 4.78 is 27.2. The van der Waals surface area contributed by atoms with E-state index < -0.39 is 14.4 Å². The summed E-state index contributed by atoms with van der Waals surface area (Å²) in [6, 6.07) is 0. The number of halogens is 1. The van der Waals surface area contributed by atoms with Crippen LogP contribution in [0.25, 0.3) is 0 Å². The molecule has 4 heteroatoms. The second-order valence-electron chi connectivity index (χ2n) is 3.57. The van der Waals surface area contributed by atoms with Crippen LogP contribution < -0.4 is 0 Å². The molecule has 66 valence electrons. The first-order valence-electron chi connectivity index (χ1n) is 3.55. The zero-order valence-electron chi connectivity index (χ0n) is 7.43. The van der Waals surface area contributed by atoms with Crippen LogP contribution in [0.15, 0.2) is 0 Å². The quantitative estimate of drug-likeness (QED) is 0.625. The van der Waals surface area contributed by atoms with Gasteiger partial charge >= 0.3 is 14.4 Å². The monoisotopic (exact) mass is 181 g/mol. The van der Waals surface area contributed by atoms with Crippen LogP contribution in [0.5, 0.6) is 0 Å². The maximum Gasteiger partial charge on any atom is 0.542 e. The van der Waals surface area contributed by atoms with Crippen LogP contribution in [-0.4, -0.2) is 12.5 Å². The third-order valence-electron chi connectivity index (χ3n) is 1.59. The van der Waals surface area contributed by atoms with Gasteiger partial charge in [-0.15, -0.1) is 4.52 Å². The first-order chi connectivity index (χ1) is 4.88. The van der Waals surface area contributed by atoms with Gasteiger partial charge in [-0.2, -0.15) is 4.39 Å².